The maximum absolute atomic E-state index is 12.6. The van der Waals surface area contributed by atoms with E-state index in [1.807, 2.05) is 20.9 Å². The van der Waals surface area contributed by atoms with Gasteiger partial charge in [0.25, 0.3) is 0 Å². The number of piperazine rings is 1. The molecule has 0 saturated carbocycles. The van der Waals surface area contributed by atoms with E-state index in [0.717, 1.165) is 32.0 Å². The molecule has 0 bridgehead atoms. The van der Waals surface area contributed by atoms with Crippen LogP contribution >= 0.6 is 0 Å². The van der Waals surface area contributed by atoms with Crippen LogP contribution in [0.2, 0.25) is 0 Å². The molecule has 1 aliphatic rings. The Kier molecular flexibility index (Phi) is 4.21. The molecule has 6 heteroatoms. The van der Waals surface area contributed by atoms with Crippen molar-refractivity contribution in [3.05, 3.63) is 18.2 Å². The van der Waals surface area contributed by atoms with E-state index in [2.05, 4.69) is 20.2 Å². The van der Waals surface area contributed by atoms with Crippen molar-refractivity contribution in [3.8, 4) is 0 Å². The van der Waals surface area contributed by atoms with Crippen LogP contribution in [0.1, 0.15) is 19.7 Å². The summed E-state index contributed by atoms with van der Waals surface area (Å²) in [5.74, 6) is 0.942. The molecule has 106 valence electrons. The molecule has 1 amide bonds. The van der Waals surface area contributed by atoms with E-state index in [1.165, 1.54) is 0 Å². The van der Waals surface area contributed by atoms with Crippen molar-refractivity contribution < 1.29 is 4.79 Å². The SMILES string of the molecule is CN(Cc1ncc[nH]1)C(=O)C(C)(C)N1CCNCC1. The number of amides is 1. The van der Waals surface area contributed by atoms with Gasteiger partial charge in [-0.05, 0) is 13.8 Å². The summed E-state index contributed by atoms with van der Waals surface area (Å²) in [6.07, 6.45) is 3.48. The number of aromatic nitrogens is 2. The first-order valence-electron chi connectivity index (χ1n) is 6.71. The van der Waals surface area contributed by atoms with E-state index in [4.69, 9.17) is 0 Å². The molecule has 2 rings (SSSR count). The first-order chi connectivity index (χ1) is 9.01. The minimum absolute atomic E-state index is 0.130. The monoisotopic (exact) mass is 265 g/mol. The molecule has 0 aliphatic carbocycles. The van der Waals surface area contributed by atoms with E-state index in [9.17, 15) is 4.79 Å². The number of imidazole rings is 1. The molecule has 1 aliphatic heterocycles. The Morgan fingerprint density at radius 2 is 2.16 bits per heavy atom. The molecule has 0 radical (unpaired) electrons. The molecular weight excluding hydrogens is 242 g/mol. The first kappa shape index (κ1) is 14.0. The normalized spacial score (nSPS) is 17.4. The summed E-state index contributed by atoms with van der Waals surface area (Å²) in [6.45, 7) is 8.22. The Bertz CT molecular complexity index is 409. The van der Waals surface area contributed by atoms with E-state index in [0.29, 0.717) is 6.54 Å². The molecule has 1 fully saturated rings. The minimum Gasteiger partial charge on any atom is -0.347 e. The second kappa shape index (κ2) is 5.71. The van der Waals surface area contributed by atoms with Gasteiger partial charge >= 0.3 is 0 Å². The number of hydrogen-bond acceptors (Lipinski definition) is 4. The van der Waals surface area contributed by atoms with Crippen molar-refractivity contribution in [1.82, 2.24) is 25.1 Å². The Morgan fingerprint density at radius 1 is 1.47 bits per heavy atom. The average Bonchev–Trinajstić information content (AvgIpc) is 2.91. The number of rotatable bonds is 4. The van der Waals surface area contributed by atoms with E-state index in [-0.39, 0.29) is 5.91 Å². The van der Waals surface area contributed by atoms with Crippen LogP contribution in [0.5, 0.6) is 0 Å². The average molecular weight is 265 g/mol. The second-order valence-electron chi connectivity index (χ2n) is 5.49. The predicted molar refractivity (Wildman–Crippen MR) is 73.6 cm³/mol. The van der Waals surface area contributed by atoms with Crippen molar-refractivity contribution >= 4 is 5.91 Å². The lowest BCUT2D eigenvalue weighted by Gasteiger charge is -2.41. The van der Waals surface area contributed by atoms with Crippen molar-refractivity contribution in [2.75, 3.05) is 33.2 Å². The van der Waals surface area contributed by atoms with Crippen LogP contribution in [0.3, 0.4) is 0 Å². The fourth-order valence-corrected chi connectivity index (χ4v) is 2.51. The highest BCUT2D eigenvalue weighted by Gasteiger charge is 2.37. The Morgan fingerprint density at radius 3 is 2.74 bits per heavy atom. The summed E-state index contributed by atoms with van der Waals surface area (Å²) in [4.78, 5) is 23.8. The van der Waals surface area contributed by atoms with Crippen LogP contribution in [-0.4, -0.2) is 64.4 Å². The van der Waals surface area contributed by atoms with Gasteiger partial charge in [0.2, 0.25) is 5.91 Å². The van der Waals surface area contributed by atoms with Crippen LogP contribution in [0, 0.1) is 0 Å². The van der Waals surface area contributed by atoms with Gasteiger partial charge in [0.15, 0.2) is 0 Å². The Balaban J connectivity index is 2.00. The number of carbonyl (C=O) groups is 1. The van der Waals surface area contributed by atoms with Crippen molar-refractivity contribution in [3.63, 3.8) is 0 Å². The van der Waals surface area contributed by atoms with Gasteiger partial charge in [0.05, 0.1) is 12.1 Å². The highest BCUT2D eigenvalue weighted by atomic mass is 16.2. The Labute approximate surface area is 114 Å². The zero-order valence-electron chi connectivity index (χ0n) is 11.9. The van der Waals surface area contributed by atoms with E-state index >= 15 is 0 Å². The molecule has 2 heterocycles. The summed E-state index contributed by atoms with van der Waals surface area (Å²) in [5, 5.41) is 3.31. The lowest BCUT2D eigenvalue weighted by atomic mass is 9.99. The molecular formula is C13H23N5O. The van der Waals surface area contributed by atoms with Crippen molar-refractivity contribution in [2.45, 2.75) is 25.9 Å². The summed E-state index contributed by atoms with van der Waals surface area (Å²) in [5.41, 5.74) is -0.469. The molecule has 0 unspecified atom stereocenters. The molecule has 0 aromatic carbocycles. The van der Waals surface area contributed by atoms with E-state index < -0.39 is 5.54 Å². The number of nitrogens with one attached hydrogen (secondary N) is 2. The number of nitrogens with zero attached hydrogens (tertiary/aromatic N) is 3. The predicted octanol–water partition coefficient (Wildman–Crippen LogP) is 0.0519. The number of hydrogen-bond donors (Lipinski definition) is 2. The third-order valence-electron chi connectivity index (χ3n) is 3.72. The van der Waals surface area contributed by atoms with Gasteiger partial charge in [-0.1, -0.05) is 0 Å². The molecule has 19 heavy (non-hydrogen) atoms. The zero-order chi connectivity index (χ0) is 13.9. The molecule has 1 saturated heterocycles. The van der Waals surface area contributed by atoms with Crippen LogP contribution in [-0.2, 0) is 11.3 Å². The second-order valence-corrected chi connectivity index (χ2v) is 5.49. The van der Waals surface area contributed by atoms with Crippen molar-refractivity contribution in [2.24, 2.45) is 0 Å². The first-order valence-corrected chi connectivity index (χ1v) is 6.71. The molecule has 0 atom stereocenters. The summed E-state index contributed by atoms with van der Waals surface area (Å²) in [7, 11) is 1.83. The van der Waals surface area contributed by atoms with Gasteiger partial charge in [0, 0.05) is 45.6 Å². The lowest BCUT2D eigenvalue weighted by molar-refractivity contribution is -0.142. The van der Waals surface area contributed by atoms with Gasteiger partial charge in [-0.2, -0.15) is 0 Å². The van der Waals surface area contributed by atoms with Crippen LogP contribution in [0.4, 0.5) is 0 Å². The van der Waals surface area contributed by atoms with Crippen LogP contribution in [0.25, 0.3) is 0 Å². The fourth-order valence-electron chi connectivity index (χ4n) is 2.51. The zero-order valence-corrected chi connectivity index (χ0v) is 11.9. The van der Waals surface area contributed by atoms with Gasteiger partial charge in [-0.3, -0.25) is 9.69 Å². The third kappa shape index (κ3) is 3.13. The summed E-state index contributed by atoms with van der Waals surface area (Å²) in [6, 6.07) is 0. The van der Waals surface area contributed by atoms with Gasteiger partial charge in [-0.15, -0.1) is 0 Å². The summed E-state index contributed by atoms with van der Waals surface area (Å²) < 4.78 is 0. The number of likely N-dealkylation sites (N-methyl/N-ethyl adjacent to an activating group) is 1. The minimum atomic E-state index is -0.469. The molecule has 1 aromatic rings. The highest BCUT2D eigenvalue weighted by Crippen LogP contribution is 2.18. The molecule has 1 aromatic heterocycles. The number of carbonyl (C=O) groups excluding carboxylic acids is 1. The molecule has 6 nitrogen and oxygen atoms in total. The molecule has 2 N–H and O–H groups in total. The summed E-state index contributed by atoms with van der Waals surface area (Å²) >= 11 is 0. The molecule has 0 spiro atoms. The van der Waals surface area contributed by atoms with Crippen LogP contribution in [0.15, 0.2) is 12.4 Å². The van der Waals surface area contributed by atoms with E-state index in [1.54, 1.807) is 17.3 Å². The number of H-pyrrole nitrogens is 1. The van der Waals surface area contributed by atoms with Gasteiger partial charge in [-0.25, -0.2) is 4.98 Å². The smallest absolute Gasteiger partial charge is 0.242 e. The maximum atomic E-state index is 12.6. The van der Waals surface area contributed by atoms with Crippen LogP contribution < -0.4 is 5.32 Å². The number of aromatic amines is 1. The Hall–Kier alpha value is -1.40. The topological polar surface area (TPSA) is 64.3 Å². The third-order valence-corrected chi connectivity index (χ3v) is 3.72. The fraction of sp³-hybridized carbons (Fsp3) is 0.692. The van der Waals surface area contributed by atoms with Crippen molar-refractivity contribution in [1.29, 1.82) is 0 Å². The van der Waals surface area contributed by atoms with Gasteiger partial charge < -0.3 is 15.2 Å². The maximum Gasteiger partial charge on any atom is 0.242 e. The highest BCUT2D eigenvalue weighted by molar-refractivity contribution is 5.85. The lowest BCUT2D eigenvalue weighted by Crippen LogP contribution is -2.60. The van der Waals surface area contributed by atoms with Gasteiger partial charge in [0.1, 0.15) is 5.82 Å². The largest absolute Gasteiger partial charge is 0.347 e. The quantitative estimate of drug-likeness (QED) is 0.807. The standard InChI is InChI=1S/C13H23N5O/c1-13(2,18-8-6-14-7-9-18)12(19)17(3)10-11-15-4-5-16-11/h4-5,14H,6-10H2,1-3H3,(H,15,16).